The summed E-state index contributed by atoms with van der Waals surface area (Å²) in [6.07, 6.45) is 1.67. The van der Waals surface area contributed by atoms with Crippen LogP contribution in [0.1, 0.15) is 17.5 Å². The number of hydrogen-bond acceptors (Lipinski definition) is 4. The fourth-order valence-corrected chi connectivity index (χ4v) is 2.75. The van der Waals surface area contributed by atoms with Crippen molar-refractivity contribution in [1.29, 1.82) is 0 Å². The Balaban J connectivity index is 1.58. The second-order valence-electron chi connectivity index (χ2n) is 6.16. The number of methoxy groups -OCH3 is 1. The highest BCUT2D eigenvalue weighted by atomic mass is 16.5. The Bertz CT molecular complexity index is 790. The molecule has 1 heterocycles. The number of benzene rings is 2. The minimum Gasteiger partial charge on any atom is -0.496 e. The third-order valence-corrected chi connectivity index (χ3v) is 4.18. The maximum absolute atomic E-state index is 6.00. The first-order valence-corrected chi connectivity index (χ1v) is 8.76. The summed E-state index contributed by atoms with van der Waals surface area (Å²) in [7, 11) is 1.68. The molecule has 0 radical (unpaired) electrons. The number of ether oxygens (including phenoxy) is 3. The van der Waals surface area contributed by atoms with Gasteiger partial charge in [-0.05, 0) is 42.7 Å². The van der Waals surface area contributed by atoms with Crippen molar-refractivity contribution in [2.45, 2.75) is 19.8 Å². The lowest BCUT2D eigenvalue weighted by Crippen LogP contribution is -2.23. The molecule has 1 aliphatic heterocycles. The maximum Gasteiger partial charge on any atom is 0.193 e. The SMILES string of the molecule is COc1cc(CCN=C(N)Nc2ccc3c(c2)OCCCO3)ccc1C. The van der Waals surface area contributed by atoms with E-state index in [1.165, 1.54) is 5.56 Å². The second-order valence-corrected chi connectivity index (χ2v) is 6.16. The lowest BCUT2D eigenvalue weighted by atomic mass is 10.1. The monoisotopic (exact) mass is 355 g/mol. The average Bonchev–Trinajstić information content (AvgIpc) is 2.88. The van der Waals surface area contributed by atoms with E-state index in [0.717, 1.165) is 41.3 Å². The summed E-state index contributed by atoms with van der Waals surface area (Å²) in [5, 5.41) is 3.10. The van der Waals surface area contributed by atoms with Crippen LogP contribution in [0.3, 0.4) is 0 Å². The van der Waals surface area contributed by atoms with Gasteiger partial charge in [-0.25, -0.2) is 0 Å². The van der Waals surface area contributed by atoms with Gasteiger partial charge in [0.15, 0.2) is 17.5 Å². The molecule has 0 amide bonds. The largest absolute Gasteiger partial charge is 0.496 e. The summed E-state index contributed by atoms with van der Waals surface area (Å²) in [5.41, 5.74) is 9.11. The van der Waals surface area contributed by atoms with Gasteiger partial charge in [0, 0.05) is 24.7 Å². The Kier molecular flexibility index (Phi) is 5.84. The summed E-state index contributed by atoms with van der Waals surface area (Å²) in [4.78, 5) is 4.39. The van der Waals surface area contributed by atoms with Gasteiger partial charge in [-0.15, -0.1) is 0 Å². The lowest BCUT2D eigenvalue weighted by Gasteiger charge is -2.11. The zero-order valence-electron chi connectivity index (χ0n) is 15.2. The van der Waals surface area contributed by atoms with Crippen molar-refractivity contribution in [3.63, 3.8) is 0 Å². The first kappa shape index (κ1) is 17.9. The third kappa shape index (κ3) is 4.59. The van der Waals surface area contributed by atoms with E-state index >= 15 is 0 Å². The molecule has 2 aromatic carbocycles. The summed E-state index contributed by atoms with van der Waals surface area (Å²) >= 11 is 0. The molecule has 6 heteroatoms. The van der Waals surface area contributed by atoms with Crippen LogP contribution in [0.15, 0.2) is 41.4 Å². The molecular weight excluding hydrogens is 330 g/mol. The Labute approximate surface area is 154 Å². The summed E-state index contributed by atoms with van der Waals surface area (Å²) in [5.74, 6) is 2.76. The topological polar surface area (TPSA) is 78.1 Å². The van der Waals surface area contributed by atoms with Crippen LogP contribution < -0.4 is 25.3 Å². The fourth-order valence-electron chi connectivity index (χ4n) is 2.75. The van der Waals surface area contributed by atoms with Crippen molar-refractivity contribution >= 4 is 11.6 Å². The molecule has 6 nitrogen and oxygen atoms in total. The number of aryl methyl sites for hydroxylation is 1. The molecule has 3 rings (SSSR count). The average molecular weight is 355 g/mol. The van der Waals surface area contributed by atoms with Gasteiger partial charge < -0.3 is 25.3 Å². The van der Waals surface area contributed by atoms with E-state index in [9.17, 15) is 0 Å². The van der Waals surface area contributed by atoms with Crippen LogP contribution in [-0.2, 0) is 6.42 Å². The van der Waals surface area contributed by atoms with E-state index in [4.69, 9.17) is 19.9 Å². The van der Waals surface area contributed by atoms with Crippen molar-refractivity contribution in [2.75, 3.05) is 32.2 Å². The van der Waals surface area contributed by atoms with Crippen molar-refractivity contribution in [1.82, 2.24) is 0 Å². The number of nitrogens with zero attached hydrogens (tertiary/aromatic N) is 1. The summed E-state index contributed by atoms with van der Waals surface area (Å²) < 4.78 is 16.7. The Hall–Kier alpha value is -2.89. The molecule has 0 saturated carbocycles. The fraction of sp³-hybridized carbons (Fsp3) is 0.350. The van der Waals surface area contributed by atoms with Crippen molar-refractivity contribution in [2.24, 2.45) is 10.7 Å². The molecule has 0 unspecified atom stereocenters. The van der Waals surface area contributed by atoms with Gasteiger partial charge in [0.25, 0.3) is 0 Å². The Morgan fingerprint density at radius 3 is 2.77 bits per heavy atom. The predicted molar refractivity (Wildman–Crippen MR) is 104 cm³/mol. The van der Waals surface area contributed by atoms with E-state index < -0.39 is 0 Å². The molecule has 0 aromatic heterocycles. The van der Waals surface area contributed by atoms with Crippen molar-refractivity contribution in [3.8, 4) is 17.2 Å². The Morgan fingerprint density at radius 1 is 1.15 bits per heavy atom. The molecule has 0 saturated heterocycles. The molecule has 0 atom stereocenters. The summed E-state index contributed by atoms with van der Waals surface area (Å²) in [6.45, 7) is 3.95. The zero-order valence-corrected chi connectivity index (χ0v) is 15.2. The van der Waals surface area contributed by atoms with Crippen LogP contribution in [0.4, 0.5) is 5.69 Å². The van der Waals surface area contributed by atoms with Gasteiger partial charge in [-0.1, -0.05) is 12.1 Å². The van der Waals surface area contributed by atoms with Crippen LogP contribution in [0.2, 0.25) is 0 Å². The molecule has 2 aromatic rings. The maximum atomic E-state index is 6.00. The van der Waals surface area contributed by atoms with E-state index in [0.29, 0.717) is 25.7 Å². The van der Waals surface area contributed by atoms with Gasteiger partial charge >= 0.3 is 0 Å². The van der Waals surface area contributed by atoms with Gasteiger partial charge in [0.1, 0.15) is 5.75 Å². The smallest absolute Gasteiger partial charge is 0.193 e. The van der Waals surface area contributed by atoms with Crippen LogP contribution in [0.5, 0.6) is 17.2 Å². The van der Waals surface area contributed by atoms with Crippen molar-refractivity contribution < 1.29 is 14.2 Å². The standard InChI is InChI=1S/C20H25N3O3/c1-14-4-5-15(12-18(14)24-2)8-9-22-20(21)23-16-6-7-17-19(13-16)26-11-3-10-25-17/h4-7,12-13H,3,8-11H2,1-2H3,(H3,21,22,23). The first-order chi connectivity index (χ1) is 12.7. The number of nitrogens with one attached hydrogen (secondary N) is 1. The van der Waals surface area contributed by atoms with Crippen molar-refractivity contribution in [3.05, 3.63) is 47.5 Å². The van der Waals surface area contributed by atoms with Crippen LogP contribution >= 0.6 is 0 Å². The molecular formula is C20H25N3O3. The highest BCUT2D eigenvalue weighted by Crippen LogP contribution is 2.32. The number of rotatable bonds is 5. The minimum atomic E-state index is 0.374. The van der Waals surface area contributed by atoms with Crippen LogP contribution in [-0.4, -0.2) is 32.8 Å². The first-order valence-electron chi connectivity index (χ1n) is 8.76. The third-order valence-electron chi connectivity index (χ3n) is 4.18. The zero-order chi connectivity index (χ0) is 18.4. The number of guanidine groups is 1. The van der Waals surface area contributed by atoms with Gasteiger partial charge in [0.05, 0.1) is 20.3 Å². The highest BCUT2D eigenvalue weighted by Gasteiger charge is 2.10. The number of fused-ring (bicyclic) bond motifs is 1. The van der Waals surface area contributed by atoms with Gasteiger partial charge in [-0.3, -0.25) is 4.99 Å². The molecule has 0 bridgehead atoms. The van der Waals surface area contributed by atoms with Gasteiger partial charge in [-0.2, -0.15) is 0 Å². The molecule has 26 heavy (non-hydrogen) atoms. The summed E-state index contributed by atoms with van der Waals surface area (Å²) in [6, 6.07) is 11.8. The lowest BCUT2D eigenvalue weighted by molar-refractivity contribution is 0.297. The van der Waals surface area contributed by atoms with Gasteiger partial charge in [0.2, 0.25) is 0 Å². The second kappa shape index (κ2) is 8.47. The molecule has 0 spiro atoms. The highest BCUT2D eigenvalue weighted by molar-refractivity contribution is 5.92. The van der Waals surface area contributed by atoms with Crippen LogP contribution in [0.25, 0.3) is 0 Å². The number of aliphatic imine (C=N–C) groups is 1. The minimum absolute atomic E-state index is 0.374. The number of nitrogens with two attached hydrogens (primary N) is 1. The molecule has 0 fully saturated rings. The molecule has 138 valence electrons. The predicted octanol–water partition coefficient (Wildman–Crippen LogP) is 3.13. The van der Waals surface area contributed by atoms with E-state index in [2.05, 4.69) is 22.4 Å². The van der Waals surface area contributed by atoms with E-state index in [-0.39, 0.29) is 0 Å². The van der Waals surface area contributed by atoms with E-state index in [1.54, 1.807) is 7.11 Å². The number of anilines is 1. The quantitative estimate of drug-likeness (QED) is 0.636. The number of hydrogen-bond donors (Lipinski definition) is 2. The van der Waals surface area contributed by atoms with Crippen LogP contribution in [0, 0.1) is 6.92 Å². The molecule has 0 aliphatic carbocycles. The Morgan fingerprint density at radius 2 is 1.96 bits per heavy atom. The molecule has 3 N–H and O–H groups in total. The normalized spacial score (nSPS) is 13.8. The molecule has 1 aliphatic rings. The van der Waals surface area contributed by atoms with E-state index in [1.807, 2.05) is 31.2 Å².